The molecular formula is C17H32N2. The first-order chi connectivity index (χ1) is 9.06. The van der Waals surface area contributed by atoms with Gasteiger partial charge in [-0.1, -0.05) is 20.3 Å². The number of nitrogens with one attached hydrogen (secondary N) is 1. The predicted molar refractivity (Wildman–Crippen MR) is 81.1 cm³/mol. The van der Waals surface area contributed by atoms with Gasteiger partial charge in [-0.2, -0.15) is 0 Å². The quantitative estimate of drug-likeness (QED) is 0.821. The average Bonchev–Trinajstić information content (AvgIpc) is 2.98. The van der Waals surface area contributed by atoms with E-state index in [1.54, 1.807) is 12.8 Å². The second-order valence-corrected chi connectivity index (χ2v) is 8.04. The van der Waals surface area contributed by atoms with Gasteiger partial charge < -0.3 is 10.2 Å². The van der Waals surface area contributed by atoms with Crippen molar-refractivity contribution in [2.24, 2.45) is 29.6 Å². The molecule has 0 radical (unpaired) electrons. The Morgan fingerprint density at radius 3 is 2.47 bits per heavy atom. The minimum atomic E-state index is 0.666. The van der Waals surface area contributed by atoms with Crippen LogP contribution in [-0.4, -0.2) is 37.6 Å². The lowest BCUT2D eigenvalue weighted by molar-refractivity contribution is 0.175. The van der Waals surface area contributed by atoms with Crippen LogP contribution in [0.2, 0.25) is 0 Å². The lowest BCUT2D eigenvalue weighted by Gasteiger charge is -2.36. The number of hydrogen-bond acceptors (Lipinski definition) is 2. The molecule has 3 rings (SSSR count). The molecule has 0 saturated heterocycles. The third kappa shape index (κ3) is 2.58. The van der Waals surface area contributed by atoms with Gasteiger partial charge in [-0.3, -0.25) is 0 Å². The molecule has 0 aromatic carbocycles. The van der Waals surface area contributed by atoms with Crippen molar-refractivity contribution in [3.05, 3.63) is 0 Å². The van der Waals surface area contributed by atoms with Crippen molar-refractivity contribution < 1.29 is 0 Å². The van der Waals surface area contributed by atoms with Crippen molar-refractivity contribution in [2.75, 3.05) is 20.6 Å². The summed E-state index contributed by atoms with van der Waals surface area (Å²) >= 11 is 0. The first kappa shape index (κ1) is 13.9. The van der Waals surface area contributed by atoms with Gasteiger partial charge in [0, 0.05) is 18.6 Å². The van der Waals surface area contributed by atoms with Gasteiger partial charge in [0.05, 0.1) is 0 Å². The Morgan fingerprint density at radius 2 is 1.79 bits per heavy atom. The second kappa shape index (κ2) is 5.37. The van der Waals surface area contributed by atoms with Crippen LogP contribution in [0.5, 0.6) is 0 Å². The summed E-state index contributed by atoms with van der Waals surface area (Å²) in [5, 5.41) is 4.05. The molecule has 0 aliphatic heterocycles. The topological polar surface area (TPSA) is 15.3 Å². The van der Waals surface area contributed by atoms with Gasteiger partial charge in [0.2, 0.25) is 0 Å². The summed E-state index contributed by atoms with van der Waals surface area (Å²) in [4.78, 5) is 2.34. The van der Waals surface area contributed by atoms with E-state index in [9.17, 15) is 0 Å². The summed E-state index contributed by atoms with van der Waals surface area (Å²) < 4.78 is 0. The molecule has 3 aliphatic rings. The normalized spacial score (nSPS) is 42.3. The van der Waals surface area contributed by atoms with Crippen molar-refractivity contribution in [2.45, 2.75) is 58.0 Å². The van der Waals surface area contributed by atoms with Crippen LogP contribution in [0.4, 0.5) is 0 Å². The fraction of sp³-hybridized carbons (Fsp3) is 1.00. The standard InChI is InChI=1S/C17H32N2/c1-11(2)17(10-19(3)4)18-16-9-12-8-15(16)14-7-5-6-13(12)14/h11-18H,5-10H2,1-4H3. The maximum atomic E-state index is 4.05. The molecule has 6 atom stereocenters. The van der Waals surface area contributed by atoms with Crippen LogP contribution in [0.3, 0.4) is 0 Å². The second-order valence-electron chi connectivity index (χ2n) is 8.04. The fourth-order valence-corrected chi connectivity index (χ4v) is 5.38. The van der Waals surface area contributed by atoms with E-state index >= 15 is 0 Å². The first-order valence-corrected chi connectivity index (χ1v) is 8.47. The van der Waals surface area contributed by atoms with Crippen LogP contribution >= 0.6 is 0 Å². The van der Waals surface area contributed by atoms with Gasteiger partial charge in [-0.25, -0.2) is 0 Å². The lowest BCUT2D eigenvalue weighted by atomic mass is 9.78. The third-order valence-electron chi connectivity index (χ3n) is 6.22. The Hall–Kier alpha value is -0.0800. The van der Waals surface area contributed by atoms with E-state index in [1.807, 2.05) is 0 Å². The number of likely N-dealkylation sites (N-methyl/N-ethyl adjacent to an activating group) is 1. The molecule has 0 aromatic heterocycles. The van der Waals surface area contributed by atoms with Crippen LogP contribution in [0.25, 0.3) is 0 Å². The largest absolute Gasteiger partial charge is 0.309 e. The first-order valence-electron chi connectivity index (χ1n) is 8.47. The number of rotatable bonds is 5. The summed E-state index contributed by atoms with van der Waals surface area (Å²) in [6.45, 7) is 5.92. The van der Waals surface area contributed by atoms with E-state index in [-0.39, 0.29) is 0 Å². The zero-order valence-corrected chi connectivity index (χ0v) is 13.2. The summed E-state index contributed by atoms with van der Waals surface area (Å²) in [5.41, 5.74) is 0. The molecule has 6 unspecified atom stereocenters. The Kier molecular flexibility index (Phi) is 3.92. The van der Waals surface area contributed by atoms with Gasteiger partial charge in [-0.15, -0.1) is 0 Å². The Balaban J connectivity index is 1.61. The van der Waals surface area contributed by atoms with E-state index < -0.39 is 0 Å². The average molecular weight is 264 g/mol. The monoisotopic (exact) mass is 264 g/mol. The highest BCUT2D eigenvalue weighted by Gasteiger charge is 2.53. The maximum Gasteiger partial charge on any atom is 0.0220 e. The number of nitrogens with zero attached hydrogens (tertiary/aromatic N) is 1. The molecule has 2 heteroatoms. The summed E-state index contributed by atoms with van der Waals surface area (Å²) in [7, 11) is 4.40. The van der Waals surface area contributed by atoms with Crippen LogP contribution in [0.1, 0.15) is 46.0 Å². The van der Waals surface area contributed by atoms with Crippen LogP contribution < -0.4 is 5.32 Å². The Bertz CT molecular complexity index is 312. The highest BCUT2D eigenvalue weighted by atomic mass is 15.1. The van der Waals surface area contributed by atoms with E-state index in [1.165, 1.54) is 25.8 Å². The molecule has 3 fully saturated rings. The van der Waals surface area contributed by atoms with Gasteiger partial charge >= 0.3 is 0 Å². The van der Waals surface area contributed by atoms with E-state index in [2.05, 4.69) is 38.2 Å². The molecule has 0 amide bonds. The fourth-order valence-electron chi connectivity index (χ4n) is 5.38. The SMILES string of the molecule is CC(C)C(CN(C)C)NC1CC2CC1C1CCCC21. The van der Waals surface area contributed by atoms with Gasteiger partial charge in [-0.05, 0) is 69.4 Å². The molecule has 1 N–H and O–H groups in total. The maximum absolute atomic E-state index is 4.05. The molecule has 19 heavy (non-hydrogen) atoms. The molecule has 0 aromatic rings. The van der Waals surface area contributed by atoms with Gasteiger partial charge in [0.25, 0.3) is 0 Å². The molecule has 3 saturated carbocycles. The number of hydrogen-bond donors (Lipinski definition) is 1. The zero-order chi connectivity index (χ0) is 13.6. The highest BCUT2D eigenvalue weighted by molar-refractivity contribution is 5.06. The minimum Gasteiger partial charge on any atom is -0.309 e. The lowest BCUT2D eigenvalue weighted by Crippen LogP contribution is -2.50. The van der Waals surface area contributed by atoms with Gasteiger partial charge in [0.15, 0.2) is 0 Å². The molecule has 0 heterocycles. The Labute approximate surface area is 119 Å². The molecule has 3 aliphatic carbocycles. The smallest absolute Gasteiger partial charge is 0.0220 e. The van der Waals surface area contributed by atoms with Crippen molar-refractivity contribution in [1.29, 1.82) is 0 Å². The van der Waals surface area contributed by atoms with Crippen molar-refractivity contribution in [3.63, 3.8) is 0 Å². The molecular weight excluding hydrogens is 232 g/mol. The third-order valence-corrected chi connectivity index (χ3v) is 6.22. The summed E-state index contributed by atoms with van der Waals surface area (Å²) in [6.07, 6.45) is 7.61. The molecule has 0 spiro atoms. The van der Waals surface area contributed by atoms with Gasteiger partial charge in [0.1, 0.15) is 0 Å². The van der Waals surface area contributed by atoms with Crippen LogP contribution in [0, 0.1) is 29.6 Å². The molecule has 110 valence electrons. The molecule has 2 bridgehead atoms. The summed E-state index contributed by atoms with van der Waals surface area (Å²) in [5.74, 6) is 5.03. The minimum absolute atomic E-state index is 0.666. The van der Waals surface area contributed by atoms with E-state index in [4.69, 9.17) is 0 Å². The molecule has 2 nitrogen and oxygen atoms in total. The zero-order valence-electron chi connectivity index (χ0n) is 13.2. The van der Waals surface area contributed by atoms with E-state index in [0.717, 1.165) is 35.6 Å². The van der Waals surface area contributed by atoms with Crippen molar-refractivity contribution in [1.82, 2.24) is 10.2 Å². The number of fused-ring (bicyclic) bond motifs is 5. The summed E-state index contributed by atoms with van der Waals surface area (Å²) in [6, 6.07) is 1.50. The van der Waals surface area contributed by atoms with E-state index in [0.29, 0.717) is 6.04 Å². The predicted octanol–water partition coefficient (Wildman–Crippen LogP) is 2.99. The Morgan fingerprint density at radius 1 is 1.05 bits per heavy atom. The van der Waals surface area contributed by atoms with Crippen LogP contribution in [0.15, 0.2) is 0 Å². The highest BCUT2D eigenvalue weighted by Crippen LogP contribution is 2.58. The van der Waals surface area contributed by atoms with Crippen LogP contribution in [-0.2, 0) is 0 Å². The van der Waals surface area contributed by atoms with Crippen molar-refractivity contribution in [3.8, 4) is 0 Å². The van der Waals surface area contributed by atoms with Crippen molar-refractivity contribution >= 4 is 0 Å².